The van der Waals surface area contributed by atoms with Gasteiger partial charge >= 0.3 is 6.09 Å². The lowest BCUT2D eigenvalue weighted by molar-refractivity contribution is 0.00948. The van der Waals surface area contributed by atoms with E-state index in [-0.39, 0.29) is 18.8 Å². The molecule has 1 N–H and O–H groups in total. The Bertz CT molecular complexity index is 329. The lowest BCUT2D eigenvalue weighted by atomic mass is 9.78. The van der Waals surface area contributed by atoms with Gasteiger partial charge in [-0.25, -0.2) is 4.79 Å². The maximum Gasteiger partial charge on any atom is 0.410 e. The molecule has 2 rings (SSSR count). The highest BCUT2D eigenvalue weighted by molar-refractivity contribution is 5.69. The first-order valence-corrected chi connectivity index (χ1v) is 6.64. The van der Waals surface area contributed by atoms with Crippen molar-refractivity contribution < 1.29 is 13.9 Å². The molecule has 0 aliphatic carbocycles. The van der Waals surface area contributed by atoms with Crippen LogP contribution < -0.4 is 5.32 Å². The third kappa shape index (κ3) is 2.46. The number of ether oxygens (including phenoxy) is 1. The molecular weight excluding hydrogens is 235 g/mol. The smallest absolute Gasteiger partial charge is 0.410 e. The summed E-state index contributed by atoms with van der Waals surface area (Å²) >= 11 is 0. The summed E-state index contributed by atoms with van der Waals surface area (Å²) in [7, 11) is 0. The second-order valence-corrected chi connectivity index (χ2v) is 6.40. The number of carbonyl (C=O) groups is 1. The number of amides is 1. The highest BCUT2D eigenvalue weighted by atomic mass is 19.1. The van der Waals surface area contributed by atoms with Gasteiger partial charge in [-0.15, -0.1) is 0 Å². The Morgan fingerprint density at radius 2 is 2.28 bits per heavy atom. The fraction of sp³-hybridized carbons (Fsp3) is 0.923. The number of hydrogen-bond donors (Lipinski definition) is 1. The van der Waals surface area contributed by atoms with Crippen LogP contribution in [0.5, 0.6) is 0 Å². The molecule has 0 aromatic heterocycles. The van der Waals surface area contributed by atoms with Gasteiger partial charge in [0.05, 0.1) is 6.67 Å². The normalized spacial score (nSPS) is 32.2. The van der Waals surface area contributed by atoms with Crippen molar-refractivity contribution >= 4 is 6.09 Å². The maximum absolute atomic E-state index is 13.4. The van der Waals surface area contributed by atoms with Crippen molar-refractivity contribution in [3.05, 3.63) is 0 Å². The number of rotatable bonds is 1. The van der Waals surface area contributed by atoms with E-state index in [1.165, 1.54) is 0 Å². The first-order chi connectivity index (χ1) is 8.38. The largest absolute Gasteiger partial charge is 0.444 e. The van der Waals surface area contributed by atoms with Gasteiger partial charge in [0.15, 0.2) is 0 Å². The number of hydrogen-bond acceptors (Lipinski definition) is 3. The Labute approximate surface area is 108 Å². The molecule has 2 unspecified atom stereocenters. The first kappa shape index (κ1) is 13.6. The summed E-state index contributed by atoms with van der Waals surface area (Å²) in [5.74, 6) is 0. The van der Waals surface area contributed by atoms with Crippen molar-refractivity contribution in [2.75, 3.05) is 26.3 Å². The van der Waals surface area contributed by atoms with Gasteiger partial charge in [0.1, 0.15) is 5.60 Å². The van der Waals surface area contributed by atoms with Crippen molar-refractivity contribution in [3.63, 3.8) is 0 Å². The lowest BCUT2D eigenvalue weighted by Gasteiger charge is -2.40. The SMILES string of the molecule is CC(C)(C)OC(=O)N1CCC2(CF)CNCCC12. The van der Waals surface area contributed by atoms with Crippen molar-refractivity contribution in [1.82, 2.24) is 10.2 Å². The van der Waals surface area contributed by atoms with E-state index in [4.69, 9.17) is 4.74 Å². The number of fused-ring (bicyclic) bond motifs is 1. The van der Waals surface area contributed by atoms with Gasteiger partial charge in [-0.2, -0.15) is 0 Å². The molecule has 0 saturated carbocycles. The Balaban J connectivity index is 2.09. The fourth-order valence-corrected chi connectivity index (χ4v) is 2.98. The molecule has 104 valence electrons. The fourth-order valence-electron chi connectivity index (χ4n) is 2.98. The van der Waals surface area contributed by atoms with Gasteiger partial charge in [0.25, 0.3) is 0 Å². The molecule has 4 nitrogen and oxygen atoms in total. The topological polar surface area (TPSA) is 41.6 Å². The highest BCUT2D eigenvalue weighted by Crippen LogP contribution is 2.41. The van der Waals surface area contributed by atoms with Crippen LogP contribution in [0.3, 0.4) is 0 Å². The zero-order chi connectivity index (χ0) is 13.4. The molecule has 2 atom stereocenters. The summed E-state index contributed by atoms with van der Waals surface area (Å²) in [4.78, 5) is 13.9. The third-order valence-electron chi connectivity index (χ3n) is 3.90. The van der Waals surface area contributed by atoms with Crippen LogP contribution in [0.1, 0.15) is 33.6 Å². The summed E-state index contributed by atoms with van der Waals surface area (Å²) in [5.41, 5.74) is -0.889. The number of halogens is 1. The van der Waals surface area contributed by atoms with Crippen molar-refractivity contribution in [3.8, 4) is 0 Å². The van der Waals surface area contributed by atoms with Crippen molar-refractivity contribution in [2.24, 2.45) is 5.41 Å². The first-order valence-electron chi connectivity index (χ1n) is 6.64. The van der Waals surface area contributed by atoms with E-state index in [1.807, 2.05) is 20.8 Å². The molecule has 2 fully saturated rings. The molecule has 2 saturated heterocycles. The molecule has 1 amide bonds. The van der Waals surface area contributed by atoms with E-state index < -0.39 is 11.0 Å². The standard InChI is InChI=1S/C13H23FN2O2/c1-12(2,3)18-11(17)16-7-5-13(8-14)9-15-6-4-10(13)16/h10,15H,4-9H2,1-3H3. The van der Waals surface area contributed by atoms with E-state index in [0.717, 1.165) is 19.4 Å². The van der Waals surface area contributed by atoms with E-state index in [1.54, 1.807) is 4.90 Å². The molecule has 2 aliphatic rings. The van der Waals surface area contributed by atoms with E-state index in [0.29, 0.717) is 13.1 Å². The Morgan fingerprint density at radius 1 is 1.56 bits per heavy atom. The molecule has 0 radical (unpaired) electrons. The molecule has 0 aromatic carbocycles. The number of likely N-dealkylation sites (tertiary alicyclic amines) is 1. The molecule has 2 aliphatic heterocycles. The van der Waals surface area contributed by atoms with Crippen LogP contribution in [0.25, 0.3) is 0 Å². The quantitative estimate of drug-likeness (QED) is 0.781. The number of alkyl halides is 1. The van der Waals surface area contributed by atoms with Gasteiger partial charge in [0.2, 0.25) is 0 Å². The van der Waals surface area contributed by atoms with Crippen LogP contribution in [0.15, 0.2) is 0 Å². The van der Waals surface area contributed by atoms with Gasteiger partial charge in [-0.1, -0.05) is 0 Å². The van der Waals surface area contributed by atoms with Crippen LogP contribution in [-0.4, -0.2) is 48.9 Å². The Kier molecular flexibility index (Phi) is 3.54. The predicted octanol–water partition coefficient (Wildman–Crippen LogP) is 1.95. The predicted molar refractivity (Wildman–Crippen MR) is 67.2 cm³/mol. The van der Waals surface area contributed by atoms with E-state index in [9.17, 15) is 9.18 Å². The number of nitrogens with zero attached hydrogens (tertiary/aromatic N) is 1. The summed E-state index contributed by atoms with van der Waals surface area (Å²) in [6.45, 7) is 7.29. The van der Waals surface area contributed by atoms with Crippen molar-refractivity contribution in [2.45, 2.75) is 45.3 Å². The molecule has 5 heteroatoms. The van der Waals surface area contributed by atoms with Gasteiger partial charge in [-0.3, -0.25) is 4.39 Å². The third-order valence-corrected chi connectivity index (χ3v) is 3.90. The molecule has 0 spiro atoms. The van der Waals surface area contributed by atoms with Crippen LogP contribution in [0.2, 0.25) is 0 Å². The van der Waals surface area contributed by atoms with E-state index in [2.05, 4.69) is 5.32 Å². The van der Waals surface area contributed by atoms with Gasteiger partial charge in [-0.05, 0) is 40.2 Å². The summed E-state index contributed by atoms with van der Waals surface area (Å²) in [6.07, 6.45) is 1.23. The monoisotopic (exact) mass is 258 g/mol. The highest BCUT2D eigenvalue weighted by Gasteiger charge is 2.51. The molecule has 18 heavy (non-hydrogen) atoms. The number of carbonyl (C=O) groups excluding carboxylic acids is 1. The number of nitrogens with one attached hydrogen (secondary N) is 1. The van der Waals surface area contributed by atoms with Gasteiger partial charge in [0, 0.05) is 24.5 Å². The molecule has 0 aromatic rings. The molecule has 0 bridgehead atoms. The molecular formula is C13H23FN2O2. The molecule has 2 heterocycles. The lowest BCUT2D eigenvalue weighted by Crippen LogP contribution is -2.54. The second-order valence-electron chi connectivity index (χ2n) is 6.40. The van der Waals surface area contributed by atoms with Crippen LogP contribution in [0, 0.1) is 5.41 Å². The minimum atomic E-state index is -0.495. The second kappa shape index (κ2) is 4.68. The Hall–Kier alpha value is -0.840. The minimum Gasteiger partial charge on any atom is -0.444 e. The minimum absolute atomic E-state index is 0.0152. The van der Waals surface area contributed by atoms with Crippen molar-refractivity contribution in [1.29, 1.82) is 0 Å². The Morgan fingerprint density at radius 3 is 2.89 bits per heavy atom. The summed E-state index contributed by atoms with van der Waals surface area (Å²) in [5, 5.41) is 3.24. The zero-order valence-corrected chi connectivity index (χ0v) is 11.5. The summed E-state index contributed by atoms with van der Waals surface area (Å²) < 4.78 is 18.8. The number of piperidine rings is 1. The maximum atomic E-state index is 13.4. The summed E-state index contributed by atoms with van der Waals surface area (Å²) in [6, 6.07) is -0.0152. The average molecular weight is 258 g/mol. The zero-order valence-electron chi connectivity index (χ0n) is 11.5. The average Bonchev–Trinajstić information content (AvgIpc) is 2.66. The van der Waals surface area contributed by atoms with Gasteiger partial charge < -0.3 is 15.0 Å². The van der Waals surface area contributed by atoms with Crippen LogP contribution in [0.4, 0.5) is 9.18 Å². The van der Waals surface area contributed by atoms with Crippen LogP contribution >= 0.6 is 0 Å². The van der Waals surface area contributed by atoms with Crippen LogP contribution in [-0.2, 0) is 4.74 Å². The van der Waals surface area contributed by atoms with E-state index >= 15 is 0 Å².